The molecule has 0 aromatic carbocycles. The van der Waals surface area contributed by atoms with Gasteiger partial charge in [-0.25, -0.2) is 9.18 Å². The van der Waals surface area contributed by atoms with Crippen molar-refractivity contribution in [2.24, 2.45) is 0 Å². The van der Waals surface area contributed by atoms with Crippen molar-refractivity contribution in [1.29, 1.82) is 0 Å². The molecule has 1 atom stereocenters. The van der Waals surface area contributed by atoms with Gasteiger partial charge >= 0.3 is 22.4 Å². The standard InChI is InChI=1S/C6H5Cl2F5O2/c1-2-15-3(14)4(9,10)5(7,11)6(8,12)13/h2H2,1H3. The molecule has 0 rings (SSSR count). The number of halogens is 7. The first-order valence-corrected chi connectivity index (χ1v) is 4.23. The second-order valence-corrected chi connectivity index (χ2v) is 3.36. The number of carbonyl (C=O) groups is 1. The van der Waals surface area contributed by atoms with Crippen LogP contribution in [-0.4, -0.2) is 29.0 Å². The first-order valence-electron chi connectivity index (χ1n) is 3.48. The summed E-state index contributed by atoms with van der Waals surface area (Å²) >= 11 is 8.26. The Morgan fingerprint density at radius 3 is 1.87 bits per heavy atom. The Bertz CT molecular complexity index is 250. The lowest BCUT2D eigenvalue weighted by atomic mass is 10.2. The molecule has 0 amide bonds. The Kier molecular flexibility index (Phi) is 4.20. The molecule has 90 valence electrons. The van der Waals surface area contributed by atoms with Gasteiger partial charge in [0.2, 0.25) is 0 Å². The minimum atomic E-state index is -5.25. The van der Waals surface area contributed by atoms with E-state index in [4.69, 9.17) is 0 Å². The molecule has 0 bridgehead atoms. The van der Waals surface area contributed by atoms with Gasteiger partial charge in [-0.3, -0.25) is 0 Å². The largest absolute Gasteiger partial charge is 0.461 e. The number of hydrogen-bond donors (Lipinski definition) is 0. The summed E-state index contributed by atoms with van der Waals surface area (Å²) in [5, 5.41) is -10.2. The lowest BCUT2D eigenvalue weighted by molar-refractivity contribution is -0.206. The fourth-order valence-electron chi connectivity index (χ4n) is 0.528. The fourth-order valence-corrected chi connectivity index (χ4v) is 0.724. The van der Waals surface area contributed by atoms with Crippen molar-refractivity contribution < 1.29 is 31.5 Å². The third-order valence-corrected chi connectivity index (χ3v) is 2.11. The highest BCUT2D eigenvalue weighted by atomic mass is 35.5. The van der Waals surface area contributed by atoms with Gasteiger partial charge in [-0.2, -0.15) is 17.6 Å². The van der Waals surface area contributed by atoms with Gasteiger partial charge in [-0.15, -0.1) is 0 Å². The molecule has 0 saturated heterocycles. The lowest BCUT2D eigenvalue weighted by Gasteiger charge is -2.28. The summed E-state index contributed by atoms with van der Waals surface area (Å²) < 4.78 is 66.3. The van der Waals surface area contributed by atoms with Crippen LogP contribution in [0.3, 0.4) is 0 Å². The third kappa shape index (κ3) is 2.63. The van der Waals surface area contributed by atoms with Crippen LogP contribution in [0.25, 0.3) is 0 Å². The van der Waals surface area contributed by atoms with E-state index in [0.29, 0.717) is 0 Å². The topological polar surface area (TPSA) is 26.3 Å². The van der Waals surface area contributed by atoms with E-state index >= 15 is 0 Å². The molecular formula is C6H5Cl2F5O2. The van der Waals surface area contributed by atoms with E-state index in [9.17, 15) is 26.7 Å². The van der Waals surface area contributed by atoms with Crippen molar-refractivity contribution in [3.8, 4) is 0 Å². The molecule has 0 saturated carbocycles. The summed E-state index contributed by atoms with van der Waals surface area (Å²) in [6, 6.07) is 0. The van der Waals surface area contributed by atoms with Crippen LogP contribution in [0.5, 0.6) is 0 Å². The average molecular weight is 275 g/mol. The van der Waals surface area contributed by atoms with Crippen molar-refractivity contribution in [1.82, 2.24) is 0 Å². The number of rotatable bonds is 4. The highest BCUT2D eigenvalue weighted by molar-refractivity contribution is 6.34. The SMILES string of the molecule is CCOC(=O)C(F)(F)C(F)(Cl)C(F)(F)Cl. The zero-order chi connectivity index (χ0) is 12.5. The zero-order valence-electron chi connectivity index (χ0n) is 7.17. The first kappa shape index (κ1) is 14.7. The maximum absolute atomic E-state index is 12.8. The van der Waals surface area contributed by atoms with Crippen LogP contribution >= 0.6 is 23.2 Å². The molecule has 0 radical (unpaired) electrons. The summed E-state index contributed by atoms with van der Waals surface area (Å²) in [4.78, 5) is 10.5. The van der Waals surface area contributed by atoms with Gasteiger partial charge in [-0.1, -0.05) is 11.6 Å². The predicted octanol–water partition coefficient (Wildman–Crippen LogP) is 2.92. The summed E-state index contributed by atoms with van der Waals surface area (Å²) in [5.41, 5.74) is 0. The minimum absolute atomic E-state index is 0.546. The van der Waals surface area contributed by atoms with Crippen molar-refractivity contribution >= 4 is 29.2 Å². The highest BCUT2D eigenvalue weighted by Crippen LogP contribution is 2.50. The minimum Gasteiger partial charge on any atom is -0.461 e. The van der Waals surface area contributed by atoms with E-state index in [1.807, 2.05) is 0 Å². The summed E-state index contributed by atoms with van der Waals surface area (Å²) in [5.74, 6) is -7.77. The van der Waals surface area contributed by atoms with Crippen LogP contribution in [0.1, 0.15) is 6.92 Å². The van der Waals surface area contributed by atoms with E-state index < -0.39 is 29.0 Å². The molecule has 0 fully saturated rings. The molecule has 9 heteroatoms. The van der Waals surface area contributed by atoms with Gasteiger partial charge in [0.05, 0.1) is 6.61 Å². The first-order chi connectivity index (χ1) is 6.48. The van der Waals surface area contributed by atoms with Crippen molar-refractivity contribution in [3.63, 3.8) is 0 Å². The maximum atomic E-state index is 12.8. The summed E-state index contributed by atoms with van der Waals surface area (Å²) in [6.45, 7) is 0.580. The Morgan fingerprint density at radius 1 is 1.20 bits per heavy atom. The second kappa shape index (κ2) is 4.29. The normalized spacial score (nSPS) is 17.1. The summed E-state index contributed by atoms with van der Waals surface area (Å²) in [6.07, 6.45) is 0. The van der Waals surface area contributed by atoms with Crippen LogP contribution in [0, 0.1) is 0 Å². The van der Waals surface area contributed by atoms with Crippen molar-refractivity contribution in [2.45, 2.75) is 23.4 Å². The van der Waals surface area contributed by atoms with E-state index in [-0.39, 0.29) is 0 Å². The lowest BCUT2D eigenvalue weighted by Crippen LogP contribution is -2.55. The molecule has 0 heterocycles. The van der Waals surface area contributed by atoms with Gasteiger partial charge in [0.1, 0.15) is 0 Å². The molecule has 0 spiro atoms. The Balaban J connectivity index is 5.10. The zero-order valence-corrected chi connectivity index (χ0v) is 8.68. The van der Waals surface area contributed by atoms with Crippen LogP contribution in [0.2, 0.25) is 0 Å². The fraction of sp³-hybridized carbons (Fsp3) is 0.833. The van der Waals surface area contributed by atoms with Crippen molar-refractivity contribution in [3.05, 3.63) is 0 Å². The molecule has 0 aliphatic heterocycles. The molecule has 0 N–H and O–H groups in total. The number of esters is 1. The van der Waals surface area contributed by atoms with E-state index in [1.165, 1.54) is 0 Å². The molecule has 2 nitrogen and oxygen atoms in total. The molecule has 0 aromatic heterocycles. The second-order valence-electron chi connectivity index (χ2n) is 2.37. The van der Waals surface area contributed by atoms with Crippen molar-refractivity contribution in [2.75, 3.05) is 6.61 Å². The van der Waals surface area contributed by atoms with E-state index in [2.05, 4.69) is 27.9 Å². The molecular weight excluding hydrogens is 270 g/mol. The predicted molar refractivity (Wildman–Crippen MR) is 42.1 cm³/mol. The van der Waals surface area contributed by atoms with Crippen LogP contribution in [0.4, 0.5) is 22.0 Å². The maximum Gasteiger partial charge on any atom is 0.397 e. The number of carbonyl (C=O) groups excluding carboxylic acids is 1. The smallest absolute Gasteiger partial charge is 0.397 e. The number of hydrogen-bond acceptors (Lipinski definition) is 2. The van der Waals surface area contributed by atoms with E-state index in [0.717, 1.165) is 6.92 Å². The number of ether oxygens (including phenoxy) is 1. The van der Waals surface area contributed by atoms with Crippen LogP contribution < -0.4 is 0 Å². The quantitative estimate of drug-likeness (QED) is 0.448. The molecule has 0 aromatic rings. The molecule has 15 heavy (non-hydrogen) atoms. The third-order valence-electron chi connectivity index (χ3n) is 1.28. The molecule has 1 unspecified atom stereocenters. The molecule has 0 aliphatic rings. The Morgan fingerprint density at radius 2 is 1.60 bits per heavy atom. The van der Waals surface area contributed by atoms with Gasteiger partial charge in [-0.05, 0) is 18.5 Å². The van der Waals surface area contributed by atoms with Gasteiger partial charge in [0, 0.05) is 0 Å². The molecule has 0 aliphatic carbocycles. The highest BCUT2D eigenvalue weighted by Gasteiger charge is 2.73. The van der Waals surface area contributed by atoms with Gasteiger partial charge in [0.25, 0.3) is 0 Å². The van der Waals surface area contributed by atoms with E-state index in [1.54, 1.807) is 0 Å². The Labute approximate surface area is 91.3 Å². The van der Waals surface area contributed by atoms with Crippen LogP contribution in [-0.2, 0) is 9.53 Å². The van der Waals surface area contributed by atoms with Gasteiger partial charge in [0.15, 0.2) is 0 Å². The van der Waals surface area contributed by atoms with Gasteiger partial charge < -0.3 is 4.74 Å². The van der Waals surface area contributed by atoms with Crippen LogP contribution in [0.15, 0.2) is 0 Å². The summed E-state index contributed by atoms with van der Waals surface area (Å²) in [7, 11) is 0. The Hall–Kier alpha value is -0.300. The average Bonchev–Trinajstić information content (AvgIpc) is 2.02. The number of alkyl halides is 7. The monoisotopic (exact) mass is 274 g/mol.